The number of urea groups is 2. The Kier molecular flexibility index (Phi) is 13.6. The summed E-state index contributed by atoms with van der Waals surface area (Å²) in [6, 6.07) is 7.65. The van der Waals surface area contributed by atoms with E-state index in [4.69, 9.17) is 5.73 Å². The number of anilines is 5. The molecule has 2 atom stereocenters. The number of aryl methyl sites for hydroxylation is 2. The highest BCUT2D eigenvalue weighted by molar-refractivity contribution is 7.86. The van der Waals surface area contributed by atoms with Crippen LogP contribution in [0.1, 0.15) is 11.4 Å². The number of carbonyl (C=O) groups is 2. The topological polar surface area (TPSA) is 453 Å². The maximum atomic E-state index is 12.7. The first-order valence-corrected chi connectivity index (χ1v) is 22.7. The number of hydrogen-bond acceptors (Lipinski definition) is 18. The highest BCUT2D eigenvalue weighted by Crippen LogP contribution is 2.48. The summed E-state index contributed by atoms with van der Waals surface area (Å²) in [6.45, 7) is 3.05. The lowest BCUT2D eigenvalue weighted by Crippen LogP contribution is -2.23. The fraction of sp³-hybridized carbons (Fsp3) is 0.0588. The average molecular weight is 988 g/mol. The number of nitrogen functional groups attached to an aromatic ring is 1. The van der Waals surface area contributed by atoms with Gasteiger partial charge in [0.2, 0.25) is 11.9 Å². The molecule has 0 radical (unpaired) electrons. The van der Waals surface area contributed by atoms with Crippen LogP contribution in [0.2, 0.25) is 0 Å². The molecular formula is C34H29N13O15S4. The highest BCUT2D eigenvalue weighted by Gasteiger charge is 2.27. The van der Waals surface area contributed by atoms with Gasteiger partial charge in [0.15, 0.2) is 27.9 Å². The van der Waals surface area contributed by atoms with Gasteiger partial charge in [0.05, 0.1) is 20.9 Å². The average Bonchev–Trinajstić information content (AvgIpc) is 3.18. The Morgan fingerprint density at radius 3 is 1.64 bits per heavy atom. The molecule has 32 heteroatoms. The van der Waals surface area contributed by atoms with Gasteiger partial charge >= 0.3 is 12.1 Å². The van der Waals surface area contributed by atoms with Crippen LogP contribution in [0.3, 0.4) is 0 Å². The fourth-order valence-corrected chi connectivity index (χ4v) is 8.04. The van der Waals surface area contributed by atoms with E-state index in [2.05, 4.69) is 61.7 Å². The number of phenolic OH excluding ortho intramolecular Hbond substituents is 1. The number of aromatic nitrogens is 4. The van der Waals surface area contributed by atoms with E-state index in [-0.39, 0.29) is 23.3 Å². The van der Waals surface area contributed by atoms with E-state index in [0.717, 1.165) is 54.6 Å². The number of azo groups is 2. The molecule has 2 aromatic heterocycles. The Labute approximate surface area is 373 Å². The van der Waals surface area contributed by atoms with Crippen LogP contribution in [0.5, 0.6) is 5.75 Å². The molecule has 6 aromatic rings. The van der Waals surface area contributed by atoms with Gasteiger partial charge in [-0.15, -0.1) is 20.5 Å². The lowest BCUT2D eigenvalue weighted by atomic mass is 10.1. The molecule has 0 spiro atoms. The minimum absolute atomic E-state index is 0.119. The molecule has 2 unspecified atom stereocenters. The molecule has 28 nitrogen and oxygen atoms in total. The van der Waals surface area contributed by atoms with Crippen molar-refractivity contribution in [3.05, 3.63) is 92.8 Å². The van der Waals surface area contributed by atoms with Crippen molar-refractivity contribution in [2.45, 2.75) is 33.4 Å². The molecule has 0 aliphatic carbocycles. The van der Waals surface area contributed by atoms with Crippen LogP contribution in [-0.4, -0.2) is 80.6 Å². The molecule has 6 rings (SSSR count). The zero-order valence-electron chi connectivity index (χ0n) is 33.0. The number of hydrogen-bond donors (Lipinski definition) is 12. The summed E-state index contributed by atoms with van der Waals surface area (Å²) < 4.78 is 115. The first-order chi connectivity index (χ1) is 30.9. The number of nitrogens with two attached hydrogens (primary N) is 1. The second-order valence-electron chi connectivity index (χ2n) is 13.2. The van der Waals surface area contributed by atoms with Gasteiger partial charge < -0.3 is 40.5 Å². The summed E-state index contributed by atoms with van der Waals surface area (Å²) >= 11 is -5.87. The van der Waals surface area contributed by atoms with E-state index in [0.29, 0.717) is 17.5 Å². The molecule has 0 saturated heterocycles. The fourth-order valence-electron chi connectivity index (χ4n) is 5.78. The molecule has 2 heterocycles. The first kappa shape index (κ1) is 47.8. The smallest absolute Gasteiger partial charge is 0.326 e. The Bertz CT molecular complexity index is 3490. The summed E-state index contributed by atoms with van der Waals surface area (Å²) in [7, 11) is -10.5. The standard InChI is InChI=1S/C34H29N13O15S4/c1-13-7-24(48)40-31(36-13)42-33(51)38-16-3-5-20(63(53)54)18(11-16)44-47-29-23(66(60,61)62)10-15-9-21(64(55)56)28(27(35)26(15)30(29)50)46-45-19-12-17(4-6-22(19)65(57,58)59)39-34(52)43-32-37-14(2)8-25(49)41-32/h3-12,50H,35H2,1-2H3,(H,53,54)(H,55,56)(H,57,58,59)(H,60,61,62)(H3,36,38,40,42,48,51)(H3,37,39,41,43,49,52). The van der Waals surface area contributed by atoms with Crippen molar-refractivity contribution in [2.75, 3.05) is 27.0 Å². The summed E-state index contributed by atoms with van der Waals surface area (Å²) in [6.07, 6.45) is 0. The van der Waals surface area contributed by atoms with Gasteiger partial charge in [-0.25, -0.2) is 18.0 Å². The Morgan fingerprint density at radius 1 is 0.652 bits per heavy atom. The summed E-state index contributed by atoms with van der Waals surface area (Å²) in [5, 5.41) is 34.7. The third-order valence-corrected chi connectivity index (χ3v) is 11.6. The number of fused-ring (bicyclic) bond motifs is 1. The number of phenols is 1. The molecule has 344 valence electrons. The van der Waals surface area contributed by atoms with E-state index < -0.39 is 130 Å². The number of benzene rings is 4. The molecule has 0 aliphatic rings. The predicted octanol–water partition coefficient (Wildman–Crippen LogP) is 4.68. The zero-order valence-corrected chi connectivity index (χ0v) is 36.3. The van der Waals surface area contributed by atoms with Gasteiger partial charge in [-0.2, -0.15) is 26.8 Å². The molecule has 4 amide bonds. The van der Waals surface area contributed by atoms with E-state index >= 15 is 0 Å². The van der Waals surface area contributed by atoms with Crippen molar-refractivity contribution in [1.82, 2.24) is 19.9 Å². The molecule has 4 aromatic carbocycles. The monoisotopic (exact) mass is 987 g/mol. The van der Waals surface area contributed by atoms with Crippen molar-refractivity contribution in [2.24, 2.45) is 20.5 Å². The molecular weight excluding hydrogens is 959 g/mol. The maximum absolute atomic E-state index is 12.7. The van der Waals surface area contributed by atoms with Gasteiger partial charge in [-0.1, -0.05) is 0 Å². The van der Waals surface area contributed by atoms with Crippen molar-refractivity contribution in [3.8, 4) is 5.75 Å². The highest BCUT2D eigenvalue weighted by atomic mass is 32.2. The lowest BCUT2D eigenvalue weighted by Gasteiger charge is -2.14. The number of nitrogens with one attached hydrogen (secondary N) is 6. The van der Waals surface area contributed by atoms with Crippen LogP contribution in [0.15, 0.2) is 110 Å². The minimum Gasteiger partial charge on any atom is -0.505 e. The van der Waals surface area contributed by atoms with Crippen molar-refractivity contribution < 1.29 is 58.2 Å². The Hall–Kier alpha value is -7.72. The number of H-pyrrole nitrogens is 2. The van der Waals surface area contributed by atoms with Crippen LogP contribution in [0.25, 0.3) is 10.8 Å². The Morgan fingerprint density at radius 2 is 1.14 bits per heavy atom. The van der Waals surface area contributed by atoms with Gasteiger partial charge in [-0.05, 0) is 67.8 Å². The third kappa shape index (κ3) is 11.1. The quantitative estimate of drug-likeness (QED) is 0.0342. The molecule has 66 heavy (non-hydrogen) atoms. The molecule has 0 bridgehead atoms. The van der Waals surface area contributed by atoms with Crippen LogP contribution in [0, 0.1) is 13.8 Å². The predicted molar refractivity (Wildman–Crippen MR) is 233 cm³/mol. The number of nitrogens with zero attached hydrogens (tertiary/aromatic N) is 6. The SMILES string of the molecule is Cc1cc(=O)nc(NC(=O)Nc2ccc(S(=O)O)c(N=Nc3c(S(=O)(=O)O)cc4cc(S(=O)O)c(N=Nc5cc(NC(=O)Nc6nc(=O)cc(C)[nH]6)ccc5S(=O)(=O)O)c(N)c4c3O)c2)[nH]1. The van der Waals surface area contributed by atoms with Crippen molar-refractivity contribution in [3.63, 3.8) is 0 Å². The normalized spacial score (nSPS) is 12.9. The van der Waals surface area contributed by atoms with Gasteiger partial charge in [0.1, 0.15) is 32.5 Å². The van der Waals surface area contributed by atoms with E-state index in [1.807, 2.05) is 0 Å². The molecule has 0 aliphatic heterocycles. The maximum Gasteiger partial charge on any atom is 0.326 e. The summed E-state index contributed by atoms with van der Waals surface area (Å²) in [5.41, 5.74) is 1.58. The number of aromatic amines is 2. The van der Waals surface area contributed by atoms with Crippen LogP contribution < -0.4 is 38.1 Å². The van der Waals surface area contributed by atoms with Crippen molar-refractivity contribution in [1.29, 1.82) is 0 Å². The van der Waals surface area contributed by atoms with Gasteiger partial charge in [-0.3, -0.25) is 29.3 Å². The molecule has 0 fully saturated rings. The number of aromatic hydroxyl groups is 1. The van der Waals surface area contributed by atoms with E-state index in [1.165, 1.54) is 13.8 Å². The Balaban J connectivity index is 1.42. The molecule has 13 N–H and O–H groups in total. The summed E-state index contributed by atoms with van der Waals surface area (Å²) in [5.74, 6) is -1.68. The van der Waals surface area contributed by atoms with E-state index in [9.17, 15) is 67.7 Å². The largest absolute Gasteiger partial charge is 0.505 e. The van der Waals surface area contributed by atoms with Gasteiger partial charge in [0, 0.05) is 34.9 Å². The second-order valence-corrected chi connectivity index (χ2v) is 17.8. The van der Waals surface area contributed by atoms with Crippen LogP contribution in [0.4, 0.5) is 61.3 Å². The first-order valence-electron chi connectivity index (χ1n) is 17.6. The molecule has 0 saturated carbocycles. The number of rotatable bonds is 12. The number of carbonyl (C=O) groups excluding carboxylic acids is 2. The minimum atomic E-state index is -5.37. The summed E-state index contributed by atoms with van der Waals surface area (Å²) in [4.78, 5) is 58.0. The second kappa shape index (κ2) is 18.8. The van der Waals surface area contributed by atoms with Gasteiger partial charge in [0.25, 0.3) is 31.4 Å². The lowest BCUT2D eigenvalue weighted by molar-refractivity contribution is 0.261. The number of amides is 4. The van der Waals surface area contributed by atoms with Crippen LogP contribution >= 0.6 is 0 Å². The van der Waals surface area contributed by atoms with Crippen molar-refractivity contribution >= 4 is 117 Å². The van der Waals surface area contributed by atoms with Crippen LogP contribution in [-0.2, 0) is 42.4 Å². The van der Waals surface area contributed by atoms with E-state index in [1.54, 1.807) is 0 Å². The zero-order chi connectivity index (χ0) is 48.4. The third-order valence-electron chi connectivity index (χ3n) is 8.41.